The van der Waals surface area contributed by atoms with E-state index in [-0.39, 0.29) is 11.9 Å². The predicted molar refractivity (Wildman–Crippen MR) is 59.3 cm³/mol. The maximum absolute atomic E-state index is 9.83. The van der Waals surface area contributed by atoms with Gasteiger partial charge in [-0.05, 0) is 38.3 Å². The number of hydrogen-bond acceptors (Lipinski definition) is 3. The van der Waals surface area contributed by atoms with E-state index in [1.165, 1.54) is 0 Å². The lowest BCUT2D eigenvalue weighted by atomic mass is 10.1. The number of aliphatic hydroxyl groups excluding tert-OH is 1. The van der Waals surface area contributed by atoms with Crippen molar-refractivity contribution < 1.29 is 14.9 Å². The first-order chi connectivity index (χ1) is 7.15. The molecule has 0 aliphatic heterocycles. The molecule has 0 aliphatic carbocycles. The lowest BCUT2D eigenvalue weighted by molar-refractivity contribution is 0.184. The molecule has 0 amide bonds. The summed E-state index contributed by atoms with van der Waals surface area (Å²) >= 11 is 0. The van der Waals surface area contributed by atoms with Gasteiger partial charge < -0.3 is 14.9 Å². The van der Waals surface area contributed by atoms with E-state index in [1.54, 1.807) is 13.0 Å². The highest BCUT2D eigenvalue weighted by Gasteiger charge is 2.08. The summed E-state index contributed by atoms with van der Waals surface area (Å²) in [6.45, 7) is 4.15. The van der Waals surface area contributed by atoms with Gasteiger partial charge in [0.1, 0.15) is 0 Å². The van der Waals surface area contributed by atoms with Gasteiger partial charge in [0, 0.05) is 0 Å². The third kappa shape index (κ3) is 3.44. The number of aliphatic hydroxyl groups is 1. The summed E-state index contributed by atoms with van der Waals surface area (Å²) in [5, 5.41) is 19.0. The summed E-state index contributed by atoms with van der Waals surface area (Å²) in [5.74, 6) is 0.709. The number of phenols is 1. The SMILES string of the molecule is CCOc1cccc(CC[C@H](C)O)c1O. The minimum Gasteiger partial charge on any atom is -0.504 e. The largest absolute Gasteiger partial charge is 0.504 e. The molecule has 0 heterocycles. The topological polar surface area (TPSA) is 49.7 Å². The summed E-state index contributed by atoms with van der Waals surface area (Å²) < 4.78 is 5.27. The molecule has 15 heavy (non-hydrogen) atoms. The van der Waals surface area contributed by atoms with Gasteiger partial charge in [-0.15, -0.1) is 0 Å². The molecule has 2 N–H and O–H groups in total. The van der Waals surface area contributed by atoms with E-state index in [0.717, 1.165) is 5.56 Å². The molecule has 0 unspecified atom stereocenters. The van der Waals surface area contributed by atoms with Crippen molar-refractivity contribution in [1.29, 1.82) is 0 Å². The summed E-state index contributed by atoms with van der Waals surface area (Å²) in [4.78, 5) is 0. The van der Waals surface area contributed by atoms with Crippen LogP contribution >= 0.6 is 0 Å². The highest BCUT2D eigenvalue weighted by Crippen LogP contribution is 2.30. The molecule has 0 radical (unpaired) electrons. The number of aryl methyl sites for hydroxylation is 1. The molecule has 1 aromatic rings. The zero-order chi connectivity index (χ0) is 11.3. The Balaban J connectivity index is 2.75. The molecule has 0 spiro atoms. The second-order valence-electron chi connectivity index (χ2n) is 3.58. The fourth-order valence-corrected chi connectivity index (χ4v) is 1.41. The van der Waals surface area contributed by atoms with Crippen LogP contribution in [0.5, 0.6) is 11.5 Å². The summed E-state index contributed by atoms with van der Waals surface area (Å²) in [6.07, 6.45) is 0.952. The van der Waals surface area contributed by atoms with Crippen LogP contribution in [0.25, 0.3) is 0 Å². The van der Waals surface area contributed by atoms with Gasteiger partial charge in [-0.2, -0.15) is 0 Å². The van der Waals surface area contributed by atoms with E-state index in [0.29, 0.717) is 25.2 Å². The second-order valence-corrected chi connectivity index (χ2v) is 3.58. The number of rotatable bonds is 5. The van der Waals surface area contributed by atoms with Crippen LogP contribution in [0.4, 0.5) is 0 Å². The summed E-state index contributed by atoms with van der Waals surface area (Å²) in [7, 11) is 0. The third-order valence-electron chi connectivity index (χ3n) is 2.21. The molecule has 0 saturated heterocycles. The molecule has 0 saturated carbocycles. The molecule has 3 heteroatoms. The van der Waals surface area contributed by atoms with Crippen LogP contribution in [-0.4, -0.2) is 22.9 Å². The normalized spacial score (nSPS) is 12.5. The molecule has 0 aromatic heterocycles. The van der Waals surface area contributed by atoms with E-state index in [2.05, 4.69) is 0 Å². The Morgan fingerprint density at radius 3 is 2.73 bits per heavy atom. The minimum absolute atomic E-state index is 0.194. The molecule has 84 valence electrons. The van der Waals surface area contributed by atoms with Crippen molar-refractivity contribution in [2.75, 3.05) is 6.61 Å². The van der Waals surface area contributed by atoms with Gasteiger partial charge in [-0.1, -0.05) is 12.1 Å². The predicted octanol–water partition coefficient (Wildman–Crippen LogP) is 2.10. The van der Waals surface area contributed by atoms with Gasteiger partial charge in [0.25, 0.3) is 0 Å². The Morgan fingerprint density at radius 1 is 1.40 bits per heavy atom. The highest BCUT2D eigenvalue weighted by atomic mass is 16.5. The van der Waals surface area contributed by atoms with Gasteiger partial charge in [0.2, 0.25) is 0 Å². The number of benzene rings is 1. The zero-order valence-electron chi connectivity index (χ0n) is 9.23. The number of hydrogen-bond donors (Lipinski definition) is 2. The standard InChI is InChI=1S/C12H18O3/c1-3-15-11-6-4-5-10(12(11)14)8-7-9(2)13/h4-6,9,13-14H,3,7-8H2,1-2H3/t9-/m0/s1. The van der Waals surface area contributed by atoms with Gasteiger partial charge >= 0.3 is 0 Å². The van der Waals surface area contributed by atoms with Gasteiger partial charge in [-0.25, -0.2) is 0 Å². The highest BCUT2D eigenvalue weighted by molar-refractivity contribution is 5.45. The van der Waals surface area contributed by atoms with Crippen LogP contribution in [0.2, 0.25) is 0 Å². The van der Waals surface area contributed by atoms with Gasteiger partial charge in [0.15, 0.2) is 11.5 Å². The summed E-state index contributed by atoms with van der Waals surface area (Å²) in [6, 6.07) is 5.44. The molecule has 0 bridgehead atoms. The second kappa shape index (κ2) is 5.61. The Kier molecular flexibility index (Phi) is 4.43. The van der Waals surface area contributed by atoms with Crippen LogP contribution in [0.1, 0.15) is 25.8 Å². The van der Waals surface area contributed by atoms with Gasteiger partial charge in [0.05, 0.1) is 12.7 Å². The first kappa shape index (κ1) is 11.9. The average molecular weight is 210 g/mol. The number of para-hydroxylation sites is 1. The van der Waals surface area contributed by atoms with E-state index in [1.807, 2.05) is 19.1 Å². The van der Waals surface area contributed by atoms with Crippen molar-refractivity contribution in [2.45, 2.75) is 32.8 Å². The molecule has 1 aromatic carbocycles. The van der Waals surface area contributed by atoms with E-state index >= 15 is 0 Å². The monoisotopic (exact) mass is 210 g/mol. The smallest absolute Gasteiger partial charge is 0.161 e. The quantitative estimate of drug-likeness (QED) is 0.782. The Bertz CT molecular complexity index is 308. The van der Waals surface area contributed by atoms with Crippen molar-refractivity contribution in [3.05, 3.63) is 23.8 Å². The number of ether oxygens (including phenoxy) is 1. The molecule has 0 fully saturated rings. The average Bonchev–Trinajstić information content (AvgIpc) is 2.19. The first-order valence-corrected chi connectivity index (χ1v) is 5.26. The Morgan fingerprint density at radius 2 is 2.13 bits per heavy atom. The lowest BCUT2D eigenvalue weighted by Gasteiger charge is -2.10. The fraction of sp³-hybridized carbons (Fsp3) is 0.500. The van der Waals surface area contributed by atoms with Crippen LogP contribution in [-0.2, 0) is 6.42 Å². The maximum Gasteiger partial charge on any atom is 0.161 e. The molecule has 0 aliphatic rings. The van der Waals surface area contributed by atoms with Crippen molar-refractivity contribution in [2.24, 2.45) is 0 Å². The zero-order valence-corrected chi connectivity index (χ0v) is 9.23. The summed E-state index contributed by atoms with van der Waals surface area (Å²) in [5.41, 5.74) is 0.821. The van der Waals surface area contributed by atoms with E-state index in [9.17, 15) is 5.11 Å². The van der Waals surface area contributed by atoms with Crippen molar-refractivity contribution in [3.8, 4) is 11.5 Å². The van der Waals surface area contributed by atoms with Crippen molar-refractivity contribution in [1.82, 2.24) is 0 Å². The van der Waals surface area contributed by atoms with E-state index < -0.39 is 0 Å². The third-order valence-corrected chi connectivity index (χ3v) is 2.21. The van der Waals surface area contributed by atoms with Crippen LogP contribution < -0.4 is 4.74 Å². The fourth-order valence-electron chi connectivity index (χ4n) is 1.41. The lowest BCUT2D eigenvalue weighted by Crippen LogP contribution is -2.02. The number of phenolic OH excluding ortho intramolecular Hbond substituents is 1. The maximum atomic E-state index is 9.83. The Hall–Kier alpha value is -1.22. The van der Waals surface area contributed by atoms with Gasteiger partial charge in [-0.3, -0.25) is 0 Å². The molecule has 1 rings (SSSR count). The van der Waals surface area contributed by atoms with Crippen molar-refractivity contribution >= 4 is 0 Å². The molecular formula is C12H18O3. The molecule has 3 nitrogen and oxygen atoms in total. The van der Waals surface area contributed by atoms with Crippen molar-refractivity contribution in [3.63, 3.8) is 0 Å². The number of aromatic hydroxyl groups is 1. The van der Waals surface area contributed by atoms with Crippen LogP contribution in [0.3, 0.4) is 0 Å². The molecular weight excluding hydrogens is 192 g/mol. The van der Waals surface area contributed by atoms with E-state index in [4.69, 9.17) is 9.84 Å². The van der Waals surface area contributed by atoms with Crippen LogP contribution in [0.15, 0.2) is 18.2 Å². The van der Waals surface area contributed by atoms with Crippen LogP contribution in [0, 0.1) is 0 Å². The first-order valence-electron chi connectivity index (χ1n) is 5.26. The Labute approximate surface area is 90.3 Å². The minimum atomic E-state index is -0.347. The molecule has 1 atom stereocenters.